The minimum atomic E-state index is -0.205. The summed E-state index contributed by atoms with van der Waals surface area (Å²) in [6.45, 7) is 5.25. The van der Waals surface area contributed by atoms with E-state index in [0.29, 0.717) is 5.56 Å². The van der Waals surface area contributed by atoms with Crippen LogP contribution in [0, 0.1) is 6.92 Å². The Morgan fingerprint density at radius 2 is 1.89 bits per heavy atom. The molecular weight excluding hydrogens is 338 g/mol. The van der Waals surface area contributed by atoms with Crippen LogP contribution in [-0.4, -0.2) is 34.0 Å². The van der Waals surface area contributed by atoms with Crippen LogP contribution in [0.1, 0.15) is 34.3 Å². The van der Waals surface area contributed by atoms with Crippen LogP contribution in [0.25, 0.3) is 10.9 Å². The van der Waals surface area contributed by atoms with Crippen molar-refractivity contribution in [3.05, 3.63) is 65.4 Å². The summed E-state index contributed by atoms with van der Waals surface area (Å²) in [7, 11) is 0. The summed E-state index contributed by atoms with van der Waals surface area (Å²) < 4.78 is 0. The lowest BCUT2D eigenvalue weighted by atomic mass is 10.1. The number of aromatic hydroxyl groups is 1. The van der Waals surface area contributed by atoms with Crippen molar-refractivity contribution in [1.29, 1.82) is 0 Å². The smallest absolute Gasteiger partial charge is 0.255 e. The minimum Gasteiger partial charge on any atom is -0.508 e. The number of aromatic nitrogens is 1. The van der Waals surface area contributed by atoms with Crippen molar-refractivity contribution < 1.29 is 9.90 Å². The number of amides is 1. The fourth-order valence-electron chi connectivity index (χ4n) is 3.62. The van der Waals surface area contributed by atoms with Crippen LogP contribution in [-0.2, 0) is 6.54 Å². The van der Waals surface area contributed by atoms with Gasteiger partial charge in [-0.25, -0.2) is 0 Å². The number of phenols is 1. The maximum Gasteiger partial charge on any atom is 0.255 e. The second kappa shape index (κ2) is 7.37. The van der Waals surface area contributed by atoms with E-state index in [2.05, 4.69) is 21.3 Å². The Hall–Kier alpha value is -2.92. The number of pyridine rings is 1. The standard InChI is InChI=1S/C22H23N3O2/c1-15-20(24-22(27)17-4-7-19(26)8-5-17)9-6-18-12-16(13-23-21(15)18)14-25-10-2-3-11-25/h4-9,12-13,26H,2-3,10-11,14H2,1H3,(H,24,27). The summed E-state index contributed by atoms with van der Waals surface area (Å²) in [4.78, 5) is 19.6. The number of carbonyl (C=O) groups excluding carboxylic acids is 1. The van der Waals surface area contributed by atoms with Crippen molar-refractivity contribution in [2.75, 3.05) is 18.4 Å². The van der Waals surface area contributed by atoms with Crippen molar-refractivity contribution >= 4 is 22.5 Å². The molecule has 1 fully saturated rings. The second-order valence-corrected chi connectivity index (χ2v) is 7.14. The Morgan fingerprint density at radius 1 is 1.15 bits per heavy atom. The highest BCUT2D eigenvalue weighted by atomic mass is 16.3. The zero-order chi connectivity index (χ0) is 18.8. The minimum absolute atomic E-state index is 0.141. The fraction of sp³-hybridized carbons (Fsp3) is 0.273. The first-order valence-corrected chi connectivity index (χ1v) is 9.31. The largest absolute Gasteiger partial charge is 0.508 e. The van der Waals surface area contributed by atoms with E-state index >= 15 is 0 Å². The van der Waals surface area contributed by atoms with Gasteiger partial charge in [-0.2, -0.15) is 0 Å². The molecule has 0 aliphatic carbocycles. The van der Waals surface area contributed by atoms with E-state index in [1.807, 2.05) is 25.3 Å². The molecule has 0 spiro atoms. The summed E-state index contributed by atoms with van der Waals surface area (Å²) in [5, 5.41) is 13.4. The molecule has 3 aromatic rings. The van der Waals surface area contributed by atoms with E-state index in [0.717, 1.165) is 28.7 Å². The molecule has 138 valence electrons. The highest BCUT2D eigenvalue weighted by Crippen LogP contribution is 2.26. The van der Waals surface area contributed by atoms with Crippen LogP contribution >= 0.6 is 0 Å². The van der Waals surface area contributed by atoms with Crippen molar-refractivity contribution in [2.45, 2.75) is 26.3 Å². The fourth-order valence-corrected chi connectivity index (χ4v) is 3.62. The summed E-state index contributed by atoms with van der Waals surface area (Å²) >= 11 is 0. The van der Waals surface area contributed by atoms with E-state index in [4.69, 9.17) is 0 Å². The van der Waals surface area contributed by atoms with Gasteiger partial charge in [-0.15, -0.1) is 0 Å². The number of anilines is 1. The third kappa shape index (κ3) is 3.78. The maximum atomic E-state index is 12.4. The van der Waals surface area contributed by atoms with Crippen LogP contribution in [0.3, 0.4) is 0 Å². The van der Waals surface area contributed by atoms with Crippen molar-refractivity contribution in [2.24, 2.45) is 0 Å². The third-order valence-corrected chi connectivity index (χ3v) is 5.15. The highest BCUT2D eigenvalue weighted by Gasteiger charge is 2.14. The number of carbonyl (C=O) groups is 1. The van der Waals surface area contributed by atoms with Crippen molar-refractivity contribution in [3.63, 3.8) is 0 Å². The Kier molecular flexibility index (Phi) is 4.77. The molecule has 1 aliphatic heterocycles. The third-order valence-electron chi connectivity index (χ3n) is 5.15. The number of fused-ring (bicyclic) bond motifs is 1. The summed E-state index contributed by atoms with van der Waals surface area (Å²) in [6, 6.07) is 12.3. The number of hydrogen-bond acceptors (Lipinski definition) is 4. The molecule has 1 aromatic heterocycles. The maximum absolute atomic E-state index is 12.4. The monoisotopic (exact) mass is 361 g/mol. The number of nitrogens with one attached hydrogen (secondary N) is 1. The lowest BCUT2D eigenvalue weighted by molar-refractivity contribution is 0.102. The van der Waals surface area contributed by atoms with Crippen LogP contribution in [0.2, 0.25) is 0 Å². The van der Waals surface area contributed by atoms with Gasteiger partial charge in [0.25, 0.3) is 5.91 Å². The molecule has 5 heteroatoms. The molecule has 1 aliphatic rings. The molecule has 0 atom stereocenters. The predicted octanol–water partition coefficient (Wildman–Crippen LogP) is 4.10. The molecule has 1 saturated heterocycles. The zero-order valence-electron chi connectivity index (χ0n) is 15.4. The molecule has 1 amide bonds. The molecule has 2 N–H and O–H groups in total. The van der Waals surface area contributed by atoms with Gasteiger partial charge in [0.15, 0.2) is 0 Å². The molecule has 27 heavy (non-hydrogen) atoms. The molecular formula is C22H23N3O2. The van der Waals surface area contributed by atoms with Crippen LogP contribution in [0.5, 0.6) is 5.75 Å². The summed E-state index contributed by atoms with van der Waals surface area (Å²) in [6.07, 6.45) is 4.51. The first-order valence-electron chi connectivity index (χ1n) is 9.31. The van der Waals surface area contributed by atoms with Crippen molar-refractivity contribution in [1.82, 2.24) is 9.88 Å². The van der Waals surface area contributed by atoms with Gasteiger partial charge in [-0.3, -0.25) is 14.7 Å². The van der Waals surface area contributed by atoms with E-state index in [1.165, 1.54) is 43.6 Å². The number of likely N-dealkylation sites (tertiary alicyclic amines) is 1. The summed E-state index contributed by atoms with van der Waals surface area (Å²) in [5.74, 6) is -0.0644. The van der Waals surface area contributed by atoms with Gasteiger partial charge in [0.1, 0.15) is 5.75 Å². The number of aryl methyl sites for hydroxylation is 1. The van der Waals surface area contributed by atoms with Gasteiger partial charge >= 0.3 is 0 Å². The van der Waals surface area contributed by atoms with Crippen LogP contribution in [0.15, 0.2) is 48.7 Å². The number of phenolic OH excluding ortho intramolecular Hbond substituents is 1. The molecule has 5 nitrogen and oxygen atoms in total. The molecule has 0 unspecified atom stereocenters. The van der Waals surface area contributed by atoms with Gasteiger partial charge in [0.2, 0.25) is 0 Å². The van der Waals surface area contributed by atoms with Crippen LogP contribution < -0.4 is 5.32 Å². The van der Waals surface area contributed by atoms with E-state index in [1.54, 1.807) is 12.1 Å². The van der Waals surface area contributed by atoms with Gasteiger partial charge < -0.3 is 10.4 Å². The Morgan fingerprint density at radius 3 is 2.63 bits per heavy atom. The number of rotatable bonds is 4. The van der Waals surface area contributed by atoms with Gasteiger partial charge in [-0.05, 0) is 80.4 Å². The lowest BCUT2D eigenvalue weighted by Crippen LogP contribution is -2.18. The zero-order valence-corrected chi connectivity index (χ0v) is 15.4. The first-order chi connectivity index (χ1) is 13.1. The molecule has 0 saturated carbocycles. The van der Waals surface area contributed by atoms with E-state index < -0.39 is 0 Å². The lowest BCUT2D eigenvalue weighted by Gasteiger charge is -2.15. The van der Waals surface area contributed by atoms with Gasteiger partial charge in [0, 0.05) is 29.4 Å². The summed E-state index contributed by atoms with van der Waals surface area (Å²) in [5.41, 5.74) is 4.34. The van der Waals surface area contributed by atoms with E-state index in [9.17, 15) is 9.90 Å². The molecule has 0 bridgehead atoms. The SMILES string of the molecule is Cc1c(NC(=O)c2ccc(O)cc2)ccc2cc(CN3CCCC3)cnc12. The molecule has 0 radical (unpaired) electrons. The Labute approximate surface area is 158 Å². The predicted molar refractivity (Wildman–Crippen MR) is 107 cm³/mol. The average Bonchev–Trinajstić information content (AvgIpc) is 3.17. The highest BCUT2D eigenvalue weighted by molar-refractivity contribution is 6.06. The van der Waals surface area contributed by atoms with Crippen molar-refractivity contribution in [3.8, 4) is 5.75 Å². The topological polar surface area (TPSA) is 65.5 Å². The Balaban J connectivity index is 1.56. The second-order valence-electron chi connectivity index (χ2n) is 7.14. The van der Waals surface area contributed by atoms with Crippen LogP contribution in [0.4, 0.5) is 5.69 Å². The van der Waals surface area contributed by atoms with E-state index in [-0.39, 0.29) is 11.7 Å². The number of nitrogens with zero attached hydrogens (tertiary/aromatic N) is 2. The normalized spacial score (nSPS) is 14.6. The Bertz CT molecular complexity index is 977. The first kappa shape index (κ1) is 17.5. The molecule has 4 rings (SSSR count). The van der Waals surface area contributed by atoms with Gasteiger partial charge in [-0.1, -0.05) is 6.07 Å². The molecule has 2 heterocycles. The quantitative estimate of drug-likeness (QED) is 0.734. The van der Waals surface area contributed by atoms with Gasteiger partial charge in [0.05, 0.1) is 5.52 Å². The molecule has 2 aromatic carbocycles. The number of hydrogen-bond donors (Lipinski definition) is 2. The average molecular weight is 361 g/mol. The number of benzene rings is 2.